The lowest BCUT2D eigenvalue weighted by molar-refractivity contribution is -0.122. The normalized spacial score (nSPS) is 22.6. The van der Waals surface area contributed by atoms with Crippen molar-refractivity contribution in [3.63, 3.8) is 0 Å². The number of benzene rings is 2. The van der Waals surface area contributed by atoms with Crippen molar-refractivity contribution in [2.45, 2.75) is 4.87 Å². The number of hydrogen-bond acceptors (Lipinski definition) is 3. The monoisotopic (exact) mass is 408 g/mol. The van der Waals surface area contributed by atoms with E-state index in [9.17, 15) is 9.59 Å². The fraction of sp³-hybridized carbons (Fsp3) is 0.125. The molecule has 4 rings (SSSR count). The zero-order chi connectivity index (χ0) is 16.2. The van der Waals surface area contributed by atoms with Gasteiger partial charge in [0.25, 0.3) is 5.91 Å². The largest absolute Gasteiger partial charge is 0.323 e. The molecule has 1 N–H and O–H groups in total. The zero-order valence-electron chi connectivity index (χ0n) is 11.7. The van der Waals surface area contributed by atoms with Crippen molar-refractivity contribution < 1.29 is 9.59 Å². The van der Waals surface area contributed by atoms with Gasteiger partial charge < -0.3 is 5.32 Å². The van der Waals surface area contributed by atoms with Gasteiger partial charge in [0.15, 0.2) is 0 Å². The predicted octanol–water partition coefficient (Wildman–Crippen LogP) is 3.99. The van der Waals surface area contributed by atoms with E-state index in [2.05, 4.69) is 21.2 Å². The first-order chi connectivity index (χ1) is 11.0. The van der Waals surface area contributed by atoms with Crippen molar-refractivity contribution in [1.29, 1.82) is 0 Å². The number of hydrogen-bond donors (Lipinski definition) is 1. The molecular weight excluding hydrogens is 400 g/mol. The second kappa shape index (κ2) is 5.26. The Labute approximate surface area is 150 Å². The van der Waals surface area contributed by atoms with Crippen molar-refractivity contribution in [1.82, 2.24) is 0 Å². The van der Waals surface area contributed by atoms with Gasteiger partial charge in [-0.2, -0.15) is 0 Å². The summed E-state index contributed by atoms with van der Waals surface area (Å²) in [4.78, 5) is 25.8. The summed E-state index contributed by atoms with van der Waals surface area (Å²) in [6.45, 7) is 0. The highest BCUT2D eigenvalue weighted by Gasteiger charge is 2.58. The Morgan fingerprint density at radius 2 is 1.91 bits per heavy atom. The van der Waals surface area contributed by atoms with E-state index in [4.69, 9.17) is 11.6 Å². The van der Waals surface area contributed by atoms with Gasteiger partial charge >= 0.3 is 0 Å². The smallest absolute Gasteiger partial charge is 0.266 e. The quantitative estimate of drug-likeness (QED) is 0.775. The molecule has 2 aliphatic heterocycles. The maximum atomic E-state index is 12.8. The molecule has 1 saturated heterocycles. The Morgan fingerprint density at radius 1 is 1.17 bits per heavy atom. The number of nitrogens with one attached hydrogen (secondary N) is 1. The van der Waals surface area contributed by atoms with E-state index in [1.807, 2.05) is 18.2 Å². The maximum Gasteiger partial charge on any atom is 0.266 e. The number of amides is 2. The third kappa shape index (κ3) is 2.12. The molecule has 1 atom stereocenters. The van der Waals surface area contributed by atoms with Gasteiger partial charge in [-0.1, -0.05) is 27.5 Å². The Bertz CT molecular complexity index is 842. The molecular formula is C16H10BrClN2O2S. The van der Waals surface area contributed by atoms with E-state index in [0.29, 0.717) is 10.7 Å². The summed E-state index contributed by atoms with van der Waals surface area (Å²) < 4.78 is 0.864. The zero-order valence-corrected chi connectivity index (χ0v) is 14.8. The lowest BCUT2D eigenvalue weighted by atomic mass is 10.0. The molecule has 2 aliphatic rings. The molecule has 23 heavy (non-hydrogen) atoms. The number of thioether (sulfide) groups is 1. The molecule has 1 unspecified atom stereocenters. The number of rotatable bonds is 1. The van der Waals surface area contributed by atoms with Crippen LogP contribution in [0.4, 0.5) is 11.4 Å². The first-order valence-corrected chi connectivity index (χ1v) is 9.02. The molecule has 0 aromatic heterocycles. The van der Waals surface area contributed by atoms with Crippen LogP contribution in [-0.4, -0.2) is 17.6 Å². The van der Waals surface area contributed by atoms with Gasteiger partial charge in [0.05, 0.1) is 5.75 Å². The topological polar surface area (TPSA) is 49.4 Å². The maximum absolute atomic E-state index is 12.8. The summed E-state index contributed by atoms with van der Waals surface area (Å²) in [6, 6.07) is 12.6. The van der Waals surface area contributed by atoms with Crippen molar-refractivity contribution >= 4 is 62.5 Å². The Morgan fingerprint density at radius 3 is 2.65 bits per heavy atom. The highest BCUT2D eigenvalue weighted by atomic mass is 79.9. The summed E-state index contributed by atoms with van der Waals surface area (Å²) in [6.07, 6.45) is 0. The lowest BCUT2D eigenvalue weighted by Gasteiger charge is -2.32. The first kappa shape index (κ1) is 15.1. The van der Waals surface area contributed by atoms with Crippen LogP contribution in [0.15, 0.2) is 46.9 Å². The van der Waals surface area contributed by atoms with Crippen molar-refractivity contribution in [3.8, 4) is 0 Å². The SMILES string of the molecule is O=C1CSC2(C(=O)Nc3ccc(Br)cc32)N1c1ccc(Cl)cc1. The van der Waals surface area contributed by atoms with Gasteiger partial charge in [-0.15, -0.1) is 11.8 Å². The Balaban J connectivity index is 1.93. The minimum atomic E-state index is -1.07. The van der Waals surface area contributed by atoms with E-state index in [0.717, 1.165) is 15.7 Å². The van der Waals surface area contributed by atoms with Gasteiger partial charge in [0.2, 0.25) is 10.8 Å². The lowest BCUT2D eigenvalue weighted by Crippen LogP contribution is -2.47. The van der Waals surface area contributed by atoms with Gasteiger partial charge in [-0.05, 0) is 42.5 Å². The minimum absolute atomic E-state index is 0.0969. The molecule has 0 radical (unpaired) electrons. The third-order valence-electron chi connectivity index (χ3n) is 3.96. The highest BCUT2D eigenvalue weighted by molar-refractivity contribution is 9.10. The van der Waals surface area contributed by atoms with Crippen LogP contribution in [-0.2, 0) is 14.5 Å². The predicted molar refractivity (Wildman–Crippen MR) is 95.8 cm³/mol. The second-order valence-electron chi connectivity index (χ2n) is 5.28. The Hall–Kier alpha value is -1.50. The highest BCUT2D eigenvalue weighted by Crippen LogP contribution is 2.54. The van der Waals surface area contributed by atoms with E-state index in [1.165, 1.54) is 11.8 Å². The van der Waals surface area contributed by atoms with Crippen LogP contribution in [0.5, 0.6) is 0 Å². The average molecular weight is 410 g/mol. The molecule has 116 valence electrons. The molecule has 0 bridgehead atoms. The molecule has 1 spiro atoms. The molecule has 2 aromatic carbocycles. The molecule has 2 amide bonds. The number of carbonyl (C=O) groups is 2. The fourth-order valence-corrected chi connectivity index (χ4v) is 4.78. The minimum Gasteiger partial charge on any atom is -0.323 e. The van der Waals surface area contributed by atoms with Crippen molar-refractivity contribution in [3.05, 3.63) is 57.5 Å². The second-order valence-corrected chi connectivity index (χ2v) is 7.80. The van der Waals surface area contributed by atoms with Gasteiger partial charge in [0, 0.05) is 26.4 Å². The van der Waals surface area contributed by atoms with Crippen LogP contribution in [0.2, 0.25) is 5.02 Å². The average Bonchev–Trinajstić information content (AvgIpc) is 3.01. The van der Waals surface area contributed by atoms with Crippen LogP contribution in [0, 0.1) is 0 Å². The number of halogens is 2. The van der Waals surface area contributed by atoms with Gasteiger partial charge in [-0.25, -0.2) is 0 Å². The standard InChI is InChI=1S/C16H10BrClN2O2S/c17-9-1-6-13-12(7-9)16(15(22)19-13)20(14(21)8-23-16)11-4-2-10(18)3-5-11/h1-7H,8H2,(H,19,22). The van der Waals surface area contributed by atoms with E-state index >= 15 is 0 Å². The summed E-state index contributed by atoms with van der Waals surface area (Å²) >= 11 is 10.7. The van der Waals surface area contributed by atoms with Crippen molar-refractivity contribution in [2.75, 3.05) is 16.0 Å². The van der Waals surface area contributed by atoms with E-state index in [-0.39, 0.29) is 17.6 Å². The molecule has 0 saturated carbocycles. The molecule has 7 heteroatoms. The van der Waals surface area contributed by atoms with Crippen molar-refractivity contribution in [2.24, 2.45) is 0 Å². The van der Waals surface area contributed by atoms with Crippen LogP contribution < -0.4 is 10.2 Å². The van der Waals surface area contributed by atoms with E-state index in [1.54, 1.807) is 29.2 Å². The number of anilines is 2. The summed E-state index contributed by atoms with van der Waals surface area (Å²) in [5.74, 6) is -0.0427. The molecule has 1 fully saturated rings. The van der Waals surface area contributed by atoms with Gasteiger partial charge in [-0.3, -0.25) is 14.5 Å². The third-order valence-corrected chi connectivity index (χ3v) is 6.10. The fourth-order valence-electron chi connectivity index (χ4n) is 2.99. The molecule has 0 aliphatic carbocycles. The summed E-state index contributed by atoms with van der Waals surface area (Å²) in [5, 5.41) is 3.47. The van der Waals surface area contributed by atoms with Crippen LogP contribution in [0.25, 0.3) is 0 Å². The number of fused-ring (bicyclic) bond motifs is 2. The number of nitrogens with zero attached hydrogens (tertiary/aromatic N) is 1. The number of carbonyl (C=O) groups excluding carboxylic acids is 2. The molecule has 2 heterocycles. The van der Waals surface area contributed by atoms with Crippen LogP contribution >= 0.6 is 39.3 Å². The Kier molecular flexibility index (Phi) is 3.44. The van der Waals surface area contributed by atoms with Crippen LogP contribution in [0.3, 0.4) is 0 Å². The van der Waals surface area contributed by atoms with E-state index < -0.39 is 4.87 Å². The first-order valence-electron chi connectivity index (χ1n) is 6.86. The molecule has 2 aromatic rings. The summed E-state index contributed by atoms with van der Waals surface area (Å²) in [7, 11) is 0. The summed E-state index contributed by atoms with van der Waals surface area (Å²) in [5.41, 5.74) is 2.19. The molecule has 4 nitrogen and oxygen atoms in total. The van der Waals surface area contributed by atoms with Crippen LogP contribution in [0.1, 0.15) is 5.56 Å². The van der Waals surface area contributed by atoms with Gasteiger partial charge in [0.1, 0.15) is 0 Å².